The maximum absolute atomic E-state index is 4.02. The average Bonchev–Trinajstić information content (AvgIpc) is 2.26. The van der Waals surface area contributed by atoms with Crippen molar-refractivity contribution in [2.24, 2.45) is 0 Å². The zero-order valence-electron chi connectivity index (χ0n) is 10.1. The fraction of sp³-hybridized carbons (Fsp3) is 0.833. The van der Waals surface area contributed by atoms with Gasteiger partial charge in [0.15, 0.2) is 0 Å². The predicted octanol–water partition coefficient (Wildman–Crippen LogP) is 2.33. The Morgan fingerprint density at radius 3 is 2.21 bits per heavy atom. The van der Waals surface area contributed by atoms with Crippen molar-refractivity contribution in [2.45, 2.75) is 39.7 Å². The standard InChI is InChI=1S/C12H24N2/c1-11(2)13-7-6-8-14(10-9-13)12(3,4)5/h1,6-10H2,2-5H3. The van der Waals surface area contributed by atoms with Gasteiger partial charge in [0, 0.05) is 37.4 Å². The summed E-state index contributed by atoms with van der Waals surface area (Å²) in [5, 5.41) is 0. The highest BCUT2D eigenvalue weighted by molar-refractivity contribution is 4.91. The fourth-order valence-corrected chi connectivity index (χ4v) is 1.97. The second-order valence-electron chi connectivity index (χ2n) is 5.23. The van der Waals surface area contributed by atoms with Gasteiger partial charge in [-0.1, -0.05) is 6.58 Å². The molecule has 1 fully saturated rings. The van der Waals surface area contributed by atoms with Gasteiger partial charge in [0.1, 0.15) is 0 Å². The van der Waals surface area contributed by atoms with E-state index in [1.54, 1.807) is 0 Å². The molecule has 0 aliphatic carbocycles. The molecule has 0 N–H and O–H groups in total. The quantitative estimate of drug-likeness (QED) is 0.635. The molecule has 0 saturated carbocycles. The maximum Gasteiger partial charge on any atom is 0.0302 e. The molecule has 0 aromatic heterocycles. The molecule has 1 saturated heterocycles. The molecule has 1 aliphatic rings. The molecule has 1 heterocycles. The van der Waals surface area contributed by atoms with E-state index in [1.165, 1.54) is 25.2 Å². The van der Waals surface area contributed by atoms with Crippen molar-refractivity contribution in [3.8, 4) is 0 Å². The van der Waals surface area contributed by atoms with Gasteiger partial charge in [-0.3, -0.25) is 4.90 Å². The fourth-order valence-electron chi connectivity index (χ4n) is 1.97. The molecule has 1 rings (SSSR count). The Kier molecular flexibility index (Phi) is 3.59. The van der Waals surface area contributed by atoms with Crippen molar-refractivity contribution >= 4 is 0 Å². The SMILES string of the molecule is C=C(C)N1CCCN(C(C)(C)C)CC1. The second kappa shape index (κ2) is 4.35. The lowest BCUT2D eigenvalue weighted by Crippen LogP contribution is -2.43. The lowest BCUT2D eigenvalue weighted by molar-refractivity contribution is 0.143. The molecular weight excluding hydrogens is 172 g/mol. The van der Waals surface area contributed by atoms with Crippen molar-refractivity contribution in [1.29, 1.82) is 0 Å². The minimum atomic E-state index is 0.311. The van der Waals surface area contributed by atoms with Crippen molar-refractivity contribution in [3.63, 3.8) is 0 Å². The largest absolute Gasteiger partial charge is 0.374 e. The molecule has 0 unspecified atom stereocenters. The lowest BCUT2D eigenvalue weighted by atomic mass is 10.1. The van der Waals surface area contributed by atoms with Gasteiger partial charge in [-0.05, 0) is 34.1 Å². The molecule has 0 aromatic carbocycles. The van der Waals surface area contributed by atoms with Crippen LogP contribution >= 0.6 is 0 Å². The summed E-state index contributed by atoms with van der Waals surface area (Å²) in [6.45, 7) is 17.7. The highest BCUT2D eigenvalue weighted by Gasteiger charge is 2.23. The molecular formula is C12H24N2. The van der Waals surface area contributed by atoms with Crippen LogP contribution in [0.15, 0.2) is 12.3 Å². The van der Waals surface area contributed by atoms with Crippen LogP contribution in [0.2, 0.25) is 0 Å². The van der Waals surface area contributed by atoms with Gasteiger partial charge in [-0.2, -0.15) is 0 Å². The maximum atomic E-state index is 4.02. The van der Waals surface area contributed by atoms with Crippen molar-refractivity contribution in [1.82, 2.24) is 9.80 Å². The molecule has 1 aliphatic heterocycles. The van der Waals surface area contributed by atoms with Gasteiger partial charge >= 0.3 is 0 Å². The Bertz CT molecular complexity index is 203. The Hall–Kier alpha value is -0.500. The normalized spacial score (nSPS) is 20.7. The number of hydrogen-bond donors (Lipinski definition) is 0. The topological polar surface area (TPSA) is 6.48 Å². The molecule has 14 heavy (non-hydrogen) atoms. The summed E-state index contributed by atoms with van der Waals surface area (Å²) in [5.41, 5.74) is 1.52. The Morgan fingerprint density at radius 1 is 1.07 bits per heavy atom. The first-order chi connectivity index (χ1) is 6.41. The molecule has 0 atom stereocenters. The minimum Gasteiger partial charge on any atom is -0.374 e. The van der Waals surface area contributed by atoms with Crippen LogP contribution in [0, 0.1) is 0 Å². The van der Waals surface area contributed by atoms with Crippen LogP contribution < -0.4 is 0 Å². The van der Waals surface area contributed by atoms with E-state index in [0.717, 1.165) is 13.1 Å². The van der Waals surface area contributed by atoms with Crippen LogP contribution in [-0.4, -0.2) is 41.5 Å². The summed E-state index contributed by atoms with van der Waals surface area (Å²) in [5.74, 6) is 0. The van der Waals surface area contributed by atoms with Crippen molar-refractivity contribution in [2.75, 3.05) is 26.2 Å². The lowest BCUT2D eigenvalue weighted by Gasteiger charge is -2.34. The second-order valence-corrected chi connectivity index (χ2v) is 5.23. The number of rotatable bonds is 1. The van der Waals surface area contributed by atoms with Crippen molar-refractivity contribution in [3.05, 3.63) is 12.3 Å². The smallest absolute Gasteiger partial charge is 0.0302 e. The Morgan fingerprint density at radius 2 is 1.71 bits per heavy atom. The first kappa shape index (κ1) is 11.6. The van der Waals surface area contributed by atoms with Crippen LogP contribution in [0.4, 0.5) is 0 Å². The molecule has 0 amide bonds. The van der Waals surface area contributed by atoms with E-state index in [1.807, 2.05) is 0 Å². The molecule has 0 aromatic rings. The van der Waals surface area contributed by atoms with Gasteiger partial charge in [-0.25, -0.2) is 0 Å². The third kappa shape index (κ3) is 3.02. The molecule has 0 spiro atoms. The average molecular weight is 196 g/mol. The summed E-state index contributed by atoms with van der Waals surface area (Å²) in [7, 11) is 0. The van der Waals surface area contributed by atoms with Gasteiger partial charge in [0.05, 0.1) is 0 Å². The molecule has 82 valence electrons. The predicted molar refractivity (Wildman–Crippen MR) is 62.3 cm³/mol. The Balaban J connectivity index is 2.53. The van der Waals surface area contributed by atoms with Crippen LogP contribution in [0.5, 0.6) is 0 Å². The molecule has 2 nitrogen and oxygen atoms in total. The van der Waals surface area contributed by atoms with E-state index in [-0.39, 0.29) is 0 Å². The number of hydrogen-bond acceptors (Lipinski definition) is 2. The van der Waals surface area contributed by atoms with Crippen LogP contribution in [0.3, 0.4) is 0 Å². The number of nitrogens with zero attached hydrogens (tertiary/aromatic N) is 2. The van der Waals surface area contributed by atoms with E-state index in [4.69, 9.17) is 0 Å². The third-order valence-electron chi connectivity index (χ3n) is 2.98. The van der Waals surface area contributed by atoms with Crippen LogP contribution in [0.1, 0.15) is 34.1 Å². The molecule has 0 radical (unpaired) electrons. The van der Waals surface area contributed by atoms with E-state index in [2.05, 4.69) is 44.1 Å². The van der Waals surface area contributed by atoms with E-state index >= 15 is 0 Å². The first-order valence-corrected chi connectivity index (χ1v) is 5.57. The summed E-state index contributed by atoms with van der Waals surface area (Å²) >= 11 is 0. The molecule has 2 heteroatoms. The summed E-state index contributed by atoms with van der Waals surface area (Å²) in [6, 6.07) is 0. The van der Waals surface area contributed by atoms with E-state index in [0.29, 0.717) is 5.54 Å². The van der Waals surface area contributed by atoms with Crippen LogP contribution in [-0.2, 0) is 0 Å². The zero-order chi connectivity index (χ0) is 10.8. The third-order valence-corrected chi connectivity index (χ3v) is 2.98. The molecule has 0 bridgehead atoms. The zero-order valence-corrected chi connectivity index (χ0v) is 10.1. The summed E-state index contributed by atoms with van der Waals surface area (Å²) < 4.78 is 0. The van der Waals surface area contributed by atoms with Crippen LogP contribution in [0.25, 0.3) is 0 Å². The minimum absolute atomic E-state index is 0.311. The van der Waals surface area contributed by atoms with Gasteiger partial charge < -0.3 is 4.90 Å². The number of allylic oxidation sites excluding steroid dienone is 1. The first-order valence-electron chi connectivity index (χ1n) is 5.57. The Labute approximate surface area is 88.6 Å². The monoisotopic (exact) mass is 196 g/mol. The summed E-state index contributed by atoms with van der Waals surface area (Å²) in [6.07, 6.45) is 1.25. The van der Waals surface area contributed by atoms with E-state index < -0.39 is 0 Å². The van der Waals surface area contributed by atoms with Crippen molar-refractivity contribution < 1.29 is 0 Å². The highest BCUT2D eigenvalue weighted by Crippen LogP contribution is 2.17. The highest BCUT2D eigenvalue weighted by atomic mass is 15.2. The summed E-state index contributed by atoms with van der Waals surface area (Å²) in [4.78, 5) is 4.96. The van der Waals surface area contributed by atoms with E-state index in [9.17, 15) is 0 Å². The van der Waals surface area contributed by atoms with Gasteiger partial charge in [-0.15, -0.1) is 0 Å². The van der Waals surface area contributed by atoms with Gasteiger partial charge in [0.2, 0.25) is 0 Å². The van der Waals surface area contributed by atoms with Gasteiger partial charge in [0.25, 0.3) is 0 Å².